The number of nitrogens with two attached hydrogens (primary N) is 1. The minimum absolute atomic E-state index is 0.0695. The summed E-state index contributed by atoms with van der Waals surface area (Å²) in [6, 6.07) is 0. The lowest BCUT2D eigenvalue weighted by Crippen LogP contribution is -2.18. The molecule has 0 aromatic carbocycles. The Hall–Kier alpha value is -1.65. The molecule has 0 fully saturated rings. The predicted octanol–water partition coefficient (Wildman–Crippen LogP) is 0.419. The molecular weight excluding hydrogens is 166 g/mol. The van der Waals surface area contributed by atoms with Crippen molar-refractivity contribution in [2.75, 3.05) is 12.4 Å². The third-order valence-corrected chi connectivity index (χ3v) is 1.80. The van der Waals surface area contributed by atoms with Gasteiger partial charge in [-0.3, -0.25) is 5.41 Å². The highest BCUT2D eigenvalue weighted by Gasteiger charge is 2.09. The van der Waals surface area contributed by atoms with Gasteiger partial charge in [0, 0.05) is 7.05 Å². The van der Waals surface area contributed by atoms with Crippen LogP contribution in [0.5, 0.6) is 0 Å². The van der Waals surface area contributed by atoms with Gasteiger partial charge >= 0.3 is 0 Å². The summed E-state index contributed by atoms with van der Waals surface area (Å²) in [4.78, 5) is 8.39. The topological polar surface area (TPSA) is 87.7 Å². The van der Waals surface area contributed by atoms with Crippen molar-refractivity contribution in [3.05, 3.63) is 17.1 Å². The summed E-state index contributed by atoms with van der Waals surface area (Å²) >= 11 is 0. The second-order valence-electron chi connectivity index (χ2n) is 2.76. The second-order valence-corrected chi connectivity index (χ2v) is 2.76. The highest BCUT2D eigenvalue weighted by atomic mass is 15.0. The smallest absolute Gasteiger partial charge is 0.155 e. The van der Waals surface area contributed by atoms with Crippen LogP contribution in [0.4, 0.5) is 5.82 Å². The highest BCUT2D eigenvalue weighted by molar-refractivity contribution is 5.97. The van der Waals surface area contributed by atoms with Gasteiger partial charge < -0.3 is 11.1 Å². The zero-order chi connectivity index (χ0) is 10.0. The Morgan fingerprint density at radius 2 is 1.85 bits per heavy atom. The van der Waals surface area contributed by atoms with Crippen molar-refractivity contribution >= 4 is 11.7 Å². The number of amidine groups is 1. The molecule has 4 N–H and O–H groups in total. The van der Waals surface area contributed by atoms with Crippen LogP contribution in [0.25, 0.3) is 0 Å². The van der Waals surface area contributed by atoms with E-state index in [4.69, 9.17) is 11.1 Å². The maximum atomic E-state index is 7.28. The molecule has 0 aliphatic rings. The molecule has 0 saturated heterocycles. The van der Waals surface area contributed by atoms with Crippen LogP contribution in [-0.4, -0.2) is 22.9 Å². The average molecular weight is 179 g/mol. The Balaban J connectivity index is 3.33. The molecule has 0 saturated carbocycles. The molecule has 1 rings (SSSR count). The Kier molecular flexibility index (Phi) is 2.46. The standard InChI is InChI=1S/C8H13N5/c1-4-5(2)13-8(11-3)6(12-4)7(9)10/h1-3H3,(H3,9,10)(H,11,13). The Bertz CT molecular complexity index is 345. The van der Waals surface area contributed by atoms with E-state index in [1.165, 1.54) is 0 Å². The summed E-state index contributed by atoms with van der Waals surface area (Å²) < 4.78 is 0. The number of aryl methyl sites for hydroxylation is 2. The summed E-state index contributed by atoms with van der Waals surface area (Å²) in [5.41, 5.74) is 7.40. The van der Waals surface area contributed by atoms with E-state index in [1.807, 2.05) is 13.8 Å². The Morgan fingerprint density at radius 1 is 1.31 bits per heavy atom. The molecule has 0 unspecified atom stereocenters. The number of aromatic nitrogens is 2. The molecule has 0 aliphatic carbocycles. The van der Waals surface area contributed by atoms with Crippen molar-refractivity contribution in [2.24, 2.45) is 5.73 Å². The van der Waals surface area contributed by atoms with Gasteiger partial charge in [0.1, 0.15) is 11.5 Å². The van der Waals surface area contributed by atoms with E-state index in [0.29, 0.717) is 11.5 Å². The van der Waals surface area contributed by atoms with Gasteiger partial charge in [0.2, 0.25) is 0 Å². The van der Waals surface area contributed by atoms with E-state index in [2.05, 4.69) is 15.3 Å². The predicted molar refractivity (Wildman–Crippen MR) is 52.1 cm³/mol. The lowest BCUT2D eigenvalue weighted by Gasteiger charge is -2.08. The molecule has 0 amide bonds. The van der Waals surface area contributed by atoms with E-state index >= 15 is 0 Å². The summed E-state index contributed by atoms with van der Waals surface area (Å²) in [6.45, 7) is 3.71. The van der Waals surface area contributed by atoms with Crippen molar-refractivity contribution in [3.63, 3.8) is 0 Å². The first-order valence-electron chi connectivity index (χ1n) is 3.93. The lowest BCUT2D eigenvalue weighted by atomic mass is 10.3. The molecule has 1 heterocycles. The molecule has 0 radical (unpaired) electrons. The molecule has 1 aromatic rings. The van der Waals surface area contributed by atoms with E-state index < -0.39 is 0 Å². The summed E-state index contributed by atoms with van der Waals surface area (Å²) in [5.74, 6) is 0.482. The van der Waals surface area contributed by atoms with Crippen LogP contribution in [0.3, 0.4) is 0 Å². The Labute approximate surface area is 76.9 Å². The molecule has 0 aliphatic heterocycles. The largest absolute Gasteiger partial charge is 0.382 e. The number of anilines is 1. The first kappa shape index (κ1) is 9.44. The maximum Gasteiger partial charge on any atom is 0.155 e. The normalized spacial score (nSPS) is 9.77. The number of hydrogen-bond acceptors (Lipinski definition) is 4. The van der Waals surface area contributed by atoms with Crippen LogP contribution in [0.15, 0.2) is 0 Å². The highest BCUT2D eigenvalue weighted by Crippen LogP contribution is 2.11. The van der Waals surface area contributed by atoms with E-state index in [-0.39, 0.29) is 5.84 Å². The van der Waals surface area contributed by atoms with Gasteiger partial charge in [0.05, 0.1) is 11.4 Å². The zero-order valence-corrected chi connectivity index (χ0v) is 7.97. The molecule has 5 nitrogen and oxygen atoms in total. The summed E-state index contributed by atoms with van der Waals surface area (Å²) in [6.07, 6.45) is 0. The number of rotatable bonds is 2. The molecular formula is C8H13N5. The van der Waals surface area contributed by atoms with Crippen molar-refractivity contribution < 1.29 is 0 Å². The fourth-order valence-corrected chi connectivity index (χ4v) is 0.965. The van der Waals surface area contributed by atoms with Crippen LogP contribution in [0.1, 0.15) is 17.1 Å². The molecule has 0 atom stereocenters. The van der Waals surface area contributed by atoms with Crippen molar-refractivity contribution in [3.8, 4) is 0 Å². The number of hydrogen-bond donors (Lipinski definition) is 3. The van der Waals surface area contributed by atoms with Crippen LogP contribution in [-0.2, 0) is 0 Å². The van der Waals surface area contributed by atoms with Gasteiger partial charge in [-0.25, -0.2) is 9.97 Å². The van der Waals surface area contributed by atoms with E-state index in [9.17, 15) is 0 Å². The minimum atomic E-state index is -0.0695. The van der Waals surface area contributed by atoms with E-state index in [1.54, 1.807) is 7.05 Å². The van der Waals surface area contributed by atoms with Gasteiger partial charge in [0.15, 0.2) is 5.82 Å². The van der Waals surface area contributed by atoms with Gasteiger partial charge in [0.25, 0.3) is 0 Å². The first-order valence-corrected chi connectivity index (χ1v) is 3.93. The number of nitrogens with zero attached hydrogens (tertiary/aromatic N) is 2. The van der Waals surface area contributed by atoms with Gasteiger partial charge in [-0.05, 0) is 13.8 Å². The summed E-state index contributed by atoms with van der Waals surface area (Å²) in [5, 5.41) is 10.1. The van der Waals surface area contributed by atoms with Crippen LogP contribution >= 0.6 is 0 Å². The average Bonchev–Trinajstić information content (AvgIpc) is 2.08. The minimum Gasteiger partial charge on any atom is -0.382 e. The third kappa shape index (κ3) is 1.74. The molecule has 13 heavy (non-hydrogen) atoms. The van der Waals surface area contributed by atoms with Crippen molar-refractivity contribution in [1.82, 2.24) is 9.97 Å². The Morgan fingerprint density at radius 3 is 2.31 bits per heavy atom. The van der Waals surface area contributed by atoms with Gasteiger partial charge in [-0.2, -0.15) is 0 Å². The van der Waals surface area contributed by atoms with Crippen molar-refractivity contribution in [2.45, 2.75) is 13.8 Å². The van der Waals surface area contributed by atoms with Crippen molar-refractivity contribution in [1.29, 1.82) is 5.41 Å². The quantitative estimate of drug-likeness (QED) is 0.453. The SMILES string of the molecule is CNc1nc(C)c(C)nc1C(=N)N. The molecule has 0 bridgehead atoms. The molecule has 5 heteroatoms. The maximum absolute atomic E-state index is 7.28. The van der Waals surface area contributed by atoms with Crippen LogP contribution in [0, 0.1) is 19.3 Å². The molecule has 1 aromatic heterocycles. The van der Waals surface area contributed by atoms with E-state index in [0.717, 1.165) is 11.4 Å². The number of nitrogens with one attached hydrogen (secondary N) is 2. The van der Waals surface area contributed by atoms with Gasteiger partial charge in [-0.1, -0.05) is 0 Å². The number of nitrogen functional groups attached to an aromatic ring is 1. The lowest BCUT2D eigenvalue weighted by molar-refractivity contribution is 1.03. The molecule has 0 spiro atoms. The van der Waals surface area contributed by atoms with Crippen LogP contribution in [0.2, 0.25) is 0 Å². The fourth-order valence-electron chi connectivity index (χ4n) is 0.965. The second kappa shape index (κ2) is 3.38. The molecule has 70 valence electrons. The summed E-state index contributed by atoms with van der Waals surface area (Å²) in [7, 11) is 1.73. The monoisotopic (exact) mass is 179 g/mol. The van der Waals surface area contributed by atoms with Gasteiger partial charge in [-0.15, -0.1) is 0 Å². The van der Waals surface area contributed by atoms with Crippen LogP contribution < -0.4 is 11.1 Å². The zero-order valence-electron chi connectivity index (χ0n) is 7.97. The third-order valence-electron chi connectivity index (χ3n) is 1.80. The fraction of sp³-hybridized carbons (Fsp3) is 0.375. The first-order chi connectivity index (χ1) is 6.06.